The SMILES string of the molecule is CCCCCCCCCCC(Nc1ncnc(C2CC(C)(C)NC(C)(C)C2)n1)(Nc1ncnc(C2CC(C)(C)NC(C)(C)C2)n1)Nc1ncnc(C2CC(C)(C)NC(C)(C)C2)n1. The van der Waals surface area contributed by atoms with Crippen molar-refractivity contribution >= 4 is 17.8 Å². The molecule has 15 nitrogen and oxygen atoms in total. The second-order valence-electron chi connectivity index (χ2n) is 23.0. The lowest BCUT2D eigenvalue weighted by Crippen LogP contribution is -2.57. The minimum atomic E-state index is -1.11. The van der Waals surface area contributed by atoms with Crippen molar-refractivity contribution in [2.24, 2.45) is 0 Å². The number of hydrogen-bond donors (Lipinski definition) is 6. The van der Waals surface area contributed by atoms with Crippen LogP contribution < -0.4 is 31.9 Å². The van der Waals surface area contributed by atoms with Gasteiger partial charge in [0.15, 0.2) is 5.79 Å². The van der Waals surface area contributed by atoms with Crippen LogP contribution in [0, 0.1) is 0 Å². The fourth-order valence-electron chi connectivity index (χ4n) is 11.6. The lowest BCUT2D eigenvalue weighted by Gasteiger charge is -2.46. The standard InChI is InChI=1S/C47H81N15/c1-14-15-16-17-18-19-20-21-22-47(57-38-51-29-48-35(54-38)32-23-41(2,3)60-42(4,5)24-32,58-39-52-30-49-36(55-39)33-25-43(6,7)61-44(8,9)26-33)59-40-53-31-50-37(56-40)34-27-45(10,11)62-46(12,13)28-34/h29-34,60-62H,14-28H2,1-13H3,(H,48,51,54,57)(H,49,52,55,58)(H,50,53,56,59). The fraction of sp³-hybridized carbons (Fsp3) is 0.809. The number of rotatable bonds is 18. The highest BCUT2D eigenvalue weighted by molar-refractivity contribution is 5.45. The Hall–Kier alpha value is -3.69. The molecule has 3 aromatic rings. The van der Waals surface area contributed by atoms with Gasteiger partial charge in [-0.2, -0.15) is 15.0 Å². The molecule has 62 heavy (non-hydrogen) atoms. The van der Waals surface area contributed by atoms with Crippen LogP contribution >= 0.6 is 0 Å². The first-order chi connectivity index (χ1) is 28.9. The molecule has 6 N–H and O–H groups in total. The Morgan fingerprint density at radius 1 is 0.435 bits per heavy atom. The maximum Gasteiger partial charge on any atom is 0.229 e. The van der Waals surface area contributed by atoms with E-state index in [1.54, 1.807) is 19.0 Å². The van der Waals surface area contributed by atoms with E-state index in [1.807, 2.05) is 0 Å². The van der Waals surface area contributed by atoms with Crippen LogP contribution in [0.5, 0.6) is 0 Å². The van der Waals surface area contributed by atoms with Crippen molar-refractivity contribution in [3.63, 3.8) is 0 Å². The summed E-state index contributed by atoms with van der Waals surface area (Å²) in [4.78, 5) is 44.1. The van der Waals surface area contributed by atoms with Gasteiger partial charge in [0, 0.05) is 57.4 Å². The van der Waals surface area contributed by atoms with E-state index in [9.17, 15) is 0 Å². The Morgan fingerprint density at radius 3 is 1.00 bits per heavy atom. The number of nitrogens with zero attached hydrogens (tertiary/aromatic N) is 9. The topological polar surface area (TPSA) is 188 Å². The highest BCUT2D eigenvalue weighted by atomic mass is 15.4. The Balaban J connectivity index is 1.38. The average molecular weight is 856 g/mol. The van der Waals surface area contributed by atoms with Gasteiger partial charge >= 0.3 is 0 Å². The third-order valence-corrected chi connectivity index (χ3v) is 12.8. The molecule has 0 radical (unpaired) electrons. The molecule has 0 bridgehead atoms. The molecule has 0 amide bonds. The van der Waals surface area contributed by atoms with Crippen molar-refractivity contribution in [3.8, 4) is 0 Å². The van der Waals surface area contributed by atoms with E-state index in [1.165, 1.54) is 32.1 Å². The van der Waals surface area contributed by atoms with Crippen LogP contribution in [0.2, 0.25) is 0 Å². The third kappa shape index (κ3) is 13.7. The van der Waals surface area contributed by atoms with Crippen LogP contribution in [0.1, 0.15) is 222 Å². The van der Waals surface area contributed by atoms with Crippen LogP contribution in [0.15, 0.2) is 19.0 Å². The van der Waals surface area contributed by atoms with Gasteiger partial charge in [0.2, 0.25) is 17.8 Å². The molecular formula is C47H81N15. The number of unbranched alkanes of at least 4 members (excludes halogenated alkanes) is 7. The minimum Gasteiger partial charge on any atom is -0.314 e. The predicted octanol–water partition coefficient (Wildman–Crippen LogP) is 9.13. The molecule has 3 fully saturated rings. The Morgan fingerprint density at radius 2 is 0.710 bits per heavy atom. The molecule has 3 aromatic heterocycles. The van der Waals surface area contributed by atoms with Crippen molar-refractivity contribution in [1.29, 1.82) is 0 Å². The smallest absolute Gasteiger partial charge is 0.229 e. The van der Waals surface area contributed by atoms with Crippen molar-refractivity contribution in [1.82, 2.24) is 60.8 Å². The van der Waals surface area contributed by atoms with E-state index in [0.29, 0.717) is 24.3 Å². The molecule has 0 spiro atoms. The maximum atomic E-state index is 5.17. The van der Waals surface area contributed by atoms with E-state index in [4.69, 9.17) is 44.9 Å². The zero-order valence-corrected chi connectivity index (χ0v) is 40.6. The minimum absolute atomic E-state index is 0.0690. The molecule has 0 saturated carbocycles. The van der Waals surface area contributed by atoms with E-state index in [2.05, 4.69) is 122 Å². The molecule has 3 aliphatic rings. The van der Waals surface area contributed by atoms with Crippen molar-refractivity contribution in [2.75, 3.05) is 16.0 Å². The second-order valence-corrected chi connectivity index (χ2v) is 23.0. The summed E-state index contributed by atoms with van der Waals surface area (Å²) in [5.74, 6) is 3.06. The number of nitrogens with one attached hydrogen (secondary N) is 6. The molecule has 15 heteroatoms. The summed E-state index contributed by atoms with van der Waals surface area (Å²) in [5.41, 5.74) is -0.414. The number of piperidine rings is 3. The first-order valence-corrected chi connectivity index (χ1v) is 23.7. The highest BCUT2D eigenvalue weighted by Crippen LogP contribution is 2.41. The molecule has 3 aliphatic heterocycles. The summed E-state index contributed by atoms with van der Waals surface area (Å²) in [5, 5.41) is 22.7. The fourth-order valence-corrected chi connectivity index (χ4v) is 11.6. The third-order valence-electron chi connectivity index (χ3n) is 12.8. The summed E-state index contributed by atoms with van der Waals surface area (Å²) >= 11 is 0. The van der Waals surface area contributed by atoms with Crippen LogP contribution in [0.3, 0.4) is 0 Å². The van der Waals surface area contributed by atoms with E-state index in [-0.39, 0.29) is 51.0 Å². The number of anilines is 3. The Bertz CT molecular complexity index is 1670. The molecule has 0 aromatic carbocycles. The van der Waals surface area contributed by atoms with Crippen LogP contribution in [-0.4, -0.2) is 83.9 Å². The molecular weight excluding hydrogens is 775 g/mol. The van der Waals surface area contributed by atoms with Gasteiger partial charge in [0.25, 0.3) is 0 Å². The molecule has 0 unspecified atom stereocenters. The zero-order chi connectivity index (χ0) is 45.0. The first kappa shape index (κ1) is 47.8. The average Bonchev–Trinajstić information content (AvgIpc) is 3.12. The molecule has 3 saturated heterocycles. The number of aromatic nitrogens is 9. The van der Waals surface area contributed by atoms with Crippen LogP contribution in [0.4, 0.5) is 17.8 Å². The highest BCUT2D eigenvalue weighted by Gasteiger charge is 2.43. The normalized spacial score (nSPS) is 22.2. The molecule has 6 heterocycles. The quantitative estimate of drug-likeness (QED) is 0.0525. The Kier molecular flexibility index (Phi) is 14.5. The summed E-state index contributed by atoms with van der Waals surface area (Å²) in [7, 11) is 0. The van der Waals surface area contributed by atoms with Gasteiger partial charge < -0.3 is 31.9 Å². The second kappa shape index (κ2) is 18.8. The summed E-state index contributed by atoms with van der Waals surface area (Å²) in [6.45, 7) is 29.4. The molecule has 0 aliphatic carbocycles. The van der Waals surface area contributed by atoms with Gasteiger partial charge in [-0.25, -0.2) is 29.9 Å². The zero-order valence-electron chi connectivity index (χ0n) is 40.6. The largest absolute Gasteiger partial charge is 0.314 e. The molecule has 0 atom stereocenters. The van der Waals surface area contributed by atoms with Gasteiger partial charge in [-0.3, -0.25) is 0 Å². The van der Waals surface area contributed by atoms with E-state index in [0.717, 1.165) is 75.3 Å². The first-order valence-electron chi connectivity index (χ1n) is 23.7. The monoisotopic (exact) mass is 856 g/mol. The van der Waals surface area contributed by atoms with Crippen LogP contribution in [-0.2, 0) is 0 Å². The van der Waals surface area contributed by atoms with Gasteiger partial charge in [-0.1, -0.05) is 51.9 Å². The summed E-state index contributed by atoms with van der Waals surface area (Å²) < 4.78 is 0. The van der Waals surface area contributed by atoms with Gasteiger partial charge in [-0.05, 0) is 128 Å². The van der Waals surface area contributed by atoms with Gasteiger partial charge in [0.05, 0.1) is 0 Å². The molecule has 344 valence electrons. The van der Waals surface area contributed by atoms with Gasteiger partial charge in [0.1, 0.15) is 36.5 Å². The van der Waals surface area contributed by atoms with Crippen molar-refractivity contribution in [2.45, 2.75) is 243 Å². The lowest BCUT2D eigenvalue weighted by molar-refractivity contribution is 0.158. The summed E-state index contributed by atoms with van der Waals surface area (Å²) in [6.07, 6.45) is 20.4. The molecule has 6 rings (SSSR count). The number of hydrogen-bond acceptors (Lipinski definition) is 15. The van der Waals surface area contributed by atoms with Crippen molar-refractivity contribution < 1.29 is 0 Å². The Labute approximate surface area is 373 Å². The van der Waals surface area contributed by atoms with E-state index >= 15 is 0 Å². The van der Waals surface area contributed by atoms with Crippen LogP contribution in [0.25, 0.3) is 0 Å². The predicted molar refractivity (Wildman–Crippen MR) is 250 cm³/mol. The van der Waals surface area contributed by atoms with Crippen molar-refractivity contribution in [3.05, 3.63) is 36.5 Å². The lowest BCUT2D eigenvalue weighted by atomic mass is 9.75. The maximum absolute atomic E-state index is 5.17. The summed E-state index contributed by atoms with van der Waals surface area (Å²) in [6, 6.07) is 0. The van der Waals surface area contributed by atoms with Gasteiger partial charge in [-0.15, -0.1) is 0 Å². The van der Waals surface area contributed by atoms with E-state index < -0.39 is 5.79 Å².